The van der Waals surface area contributed by atoms with Gasteiger partial charge in [-0.15, -0.1) is 0 Å². The van der Waals surface area contributed by atoms with Gasteiger partial charge in [0.1, 0.15) is 12.8 Å². The molecule has 0 fully saturated rings. The Kier molecular flexibility index (Phi) is 7.57. The van der Waals surface area contributed by atoms with Crippen molar-refractivity contribution in [3.8, 4) is 0 Å². The molecule has 4 N–H and O–H groups in total. The first kappa shape index (κ1) is 13.9. The van der Waals surface area contributed by atoms with Gasteiger partial charge < -0.3 is 15.6 Å². The van der Waals surface area contributed by atoms with E-state index in [-0.39, 0.29) is 6.73 Å². The van der Waals surface area contributed by atoms with Crippen molar-refractivity contribution in [2.75, 3.05) is 13.3 Å². The van der Waals surface area contributed by atoms with Gasteiger partial charge in [0.05, 0.1) is 0 Å². The van der Waals surface area contributed by atoms with E-state index in [0.717, 1.165) is 12.8 Å². The quantitative estimate of drug-likeness (QED) is 0.293. The first-order valence-electron chi connectivity index (χ1n) is 4.87. The van der Waals surface area contributed by atoms with Gasteiger partial charge in [-0.3, -0.25) is 14.9 Å². The molecule has 0 rings (SSSR count). The topological polar surface area (TPSA) is 102 Å². The lowest BCUT2D eigenvalue weighted by Crippen LogP contribution is -2.38. The molecule has 0 saturated heterocycles. The van der Waals surface area contributed by atoms with Crippen LogP contribution < -0.4 is 11.1 Å². The molecule has 0 spiro atoms. The number of rotatable bonds is 8. The minimum atomic E-state index is -0.945. The Morgan fingerprint density at radius 2 is 2.13 bits per heavy atom. The number of ether oxygens (including phenoxy) is 1. The third-order valence-electron chi connectivity index (χ3n) is 1.85. The van der Waals surface area contributed by atoms with Crippen LogP contribution in [0.25, 0.3) is 0 Å². The SMILES string of the molecule is CC(=O)OCNC(CCCCN)C(=O)O. The molecular formula is C9H18N2O4. The van der Waals surface area contributed by atoms with Crippen LogP contribution in [0.15, 0.2) is 0 Å². The Morgan fingerprint density at radius 3 is 2.60 bits per heavy atom. The van der Waals surface area contributed by atoms with Crippen LogP contribution in [0, 0.1) is 0 Å². The van der Waals surface area contributed by atoms with Gasteiger partial charge in [-0.25, -0.2) is 0 Å². The molecule has 0 heterocycles. The minimum absolute atomic E-state index is 0.0745. The average molecular weight is 218 g/mol. The van der Waals surface area contributed by atoms with Crippen molar-refractivity contribution in [2.45, 2.75) is 32.2 Å². The van der Waals surface area contributed by atoms with E-state index in [2.05, 4.69) is 10.1 Å². The maximum Gasteiger partial charge on any atom is 0.320 e. The Morgan fingerprint density at radius 1 is 1.47 bits per heavy atom. The van der Waals surface area contributed by atoms with Crippen LogP contribution in [0.3, 0.4) is 0 Å². The number of carboxylic acids is 1. The fourth-order valence-electron chi connectivity index (χ4n) is 1.05. The zero-order valence-corrected chi connectivity index (χ0v) is 8.86. The number of nitrogens with one attached hydrogen (secondary N) is 1. The third kappa shape index (κ3) is 7.90. The molecule has 0 aliphatic heterocycles. The molecule has 88 valence electrons. The number of hydrogen-bond acceptors (Lipinski definition) is 5. The Labute approximate surface area is 88.8 Å². The lowest BCUT2D eigenvalue weighted by molar-refractivity contribution is -0.145. The van der Waals surface area contributed by atoms with Crippen molar-refractivity contribution in [3.05, 3.63) is 0 Å². The van der Waals surface area contributed by atoms with E-state index in [0.29, 0.717) is 13.0 Å². The molecule has 0 aliphatic carbocycles. The Balaban J connectivity index is 3.73. The molecule has 1 unspecified atom stereocenters. The number of carbonyl (C=O) groups is 2. The molecule has 0 aromatic heterocycles. The molecule has 0 aromatic carbocycles. The van der Waals surface area contributed by atoms with Crippen molar-refractivity contribution in [2.24, 2.45) is 5.73 Å². The number of esters is 1. The second-order valence-electron chi connectivity index (χ2n) is 3.16. The van der Waals surface area contributed by atoms with Crippen LogP contribution in [-0.4, -0.2) is 36.4 Å². The van der Waals surface area contributed by atoms with Crippen molar-refractivity contribution in [3.63, 3.8) is 0 Å². The van der Waals surface area contributed by atoms with E-state index in [1.165, 1.54) is 6.92 Å². The molecule has 0 aliphatic rings. The summed E-state index contributed by atoms with van der Waals surface area (Å²) < 4.78 is 4.59. The Bertz CT molecular complexity index is 208. The molecule has 6 heteroatoms. The number of hydrogen-bond donors (Lipinski definition) is 3. The van der Waals surface area contributed by atoms with E-state index < -0.39 is 18.0 Å². The maximum absolute atomic E-state index is 10.7. The second kappa shape index (κ2) is 8.19. The van der Waals surface area contributed by atoms with Crippen molar-refractivity contribution >= 4 is 11.9 Å². The van der Waals surface area contributed by atoms with Crippen LogP contribution in [0.2, 0.25) is 0 Å². The smallest absolute Gasteiger partial charge is 0.320 e. The first-order chi connectivity index (χ1) is 7.07. The van der Waals surface area contributed by atoms with E-state index in [9.17, 15) is 9.59 Å². The molecule has 1 atom stereocenters. The average Bonchev–Trinajstić information content (AvgIpc) is 2.15. The zero-order chi connectivity index (χ0) is 11.7. The van der Waals surface area contributed by atoms with Gasteiger partial charge in [0, 0.05) is 6.92 Å². The minimum Gasteiger partial charge on any atom is -0.480 e. The molecule has 6 nitrogen and oxygen atoms in total. The van der Waals surface area contributed by atoms with Gasteiger partial charge in [-0.2, -0.15) is 0 Å². The van der Waals surface area contributed by atoms with E-state index in [1.807, 2.05) is 0 Å². The predicted octanol–water partition coefficient (Wildman–Crippen LogP) is -0.321. The highest BCUT2D eigenvalue weighted by Gasteiger charge is 2.15. The molecule has 15 heavy (non-hydrogen) atoms. The molecule has 0 amide bonds. The lowest BCUT2D eigenvalue weighted by atomic mass is 10.1. The van der Waals surface area contributed by atoms with Crippen LogP contribution >= 0.6 is 0 Å². The zero-order valence-electron chi connectivity index (χ0n) is 8.86. The van der Waals surface area contributed by atoms with Crippen LogP contribution in [0.5, 0.6) is 0 Å². The summed E-state index contributed by atoms with van der Waals surface area (Å²) in [6.07, 6.45) is 2.01. The van der Waals surface area contributed by atoms with E-state index >= 15 is 0 Å². The number of carboxylic acid groups (broad SMARTS) is 1. The highest BCUT2D eigenvalue weighted by atomic mass is 16.5. The van der Waals surface area contributed by atoms with Crippen molar-refractivity contribution < 1.29 is 19.4 Å². The van der Waals surface area contributed by atoms with Crippen LogP contribution in [0.1, 0.15) is 26.2 Å². The summed E-state index contributed by atoms with van der Waals surface area (Å²) in [4.78, 5) is 21.2. The summed E-state index contributed by atoms with van der Waals surface area (Å²) in [5, 5.41) is 11.4. The molecule has 0 saturated carbocycles. The van der Waals surface area contributed by atoms with Gasteiger partial charge in [0.15, 0.2) is 0 Å². The number of nitrogens with two attached hydrogens (primary N) is 1. The van der Waals surface area contributed by atoms with Crippen LogP contribution in [-0.2, 0) is 14.3 Å². The van der Waals surface area contributed by atoms with Gasteiger partial charge in [0.2, 0.25) is 0 Å². The summed E-state index contributed by atoms with van der Waals surface area (Å²) in [7, 11) is 0. The first-order valence-corrected chi connectivity index (χ1v) is 4.87. The highest BCUT2D eigenvalue weighted by Crippen LogP contribution is 2.00. The van der Waals surface area contributed by atoms with Gasteiger partial charge in [0.25, 0.3) is 0 Å². The van der Waals surface area contributed by atoms with Gasteiger partial charge in [-0.1, -0.05) is 6.42 Å². The van der Waals surface area contributed by atoms with E-state index in [1.54, 1.807) is 0 Å². The summed E-state index contributed by atoms with van der Waals surface area (Å²) in [5.74, 6) is -1.38. The fraction of sp³-hybridized carbons (Fsp3) is 0.778. The van der Waals surface area contributed by atoms with Crippen molar-refractivity contribution in [1.29, 1.82) is 0 Å². The lowest BCUT2D eigenvalue weighted by Gasteiger charge is -2.13. The predicted molar refractivity (Wildman–Crippen MR) is 54.1 cm³/mol. The van der Waals surface area contributed by atoms with Crippen LogP contribution in [0.4, 0.5) is 0 Å². The highest BCUT2D eigenvalue weighted by molar-refractivity contribution is 5.73. The monoisotopic (exact) mass is 218 g/mol. The summed E-state index contributed by atoms with van der Waals surface area (Å²) in [6.45, 7) is 1.75. The largest absolute Gasteiger partial charge is 0.480 e. The molecule has 0 aromatic rings. The van der Waals surface area contributed by atoms with Crippen molar-refractivity contribution in [1.82, 2.24) is 5.32 Å². The number of unbranched alkanes of at least 4 members (excludes halogenated alkanes) is 1. The van der Waals surface area contributed by atoms with Gasteiger partial charge in [-0.05, 0) is 19.4 Å². The molecule has 0 bridgehead atoms. The standard InChI is InChI=1S/C9H18N2O4/c1-7(12)15-6-11-8(9(13)14)4-2-3-5-10/h8,11H,2-6,10H2,1H3,(H,13,14). The van der Waals surface area contributed by atoms with E-state index in [4.69, 9.17) is 10.8 Å². The normalized spacial score (nSPS) is 12.1. The molecule has 0 radical (unpaired) electrons. The number of aliphatic carboxylic acids is 1. The summed E-state index contributed by atoms with van der Waals surface area (Å²) in [5.41, 5.74) is 5.29. The Hall–Kier alpha value is -1.14. The second-order valence-corrected chi connectivity index (χ2v) is 3.16. The third-order valence-corrected chi connectivity index (χ3v) is 1.85. The summed E-state index contributed by atoms with van der Waals surface area (Å²) in [6, 6.07) is -0.684. The fourth-order valence-corrected chi connectivity index (χ4v) is 1.05. The number of carbonyl (C=O) groups excluding carboxylic acids is 1. The maximum atomic E-state index is 10.7. The van der Waals surface area contributed by atoms with Gasteiger partial charge >= 0.3 is 11.9 Å². The molecular weight excluding hydrogens is 200 g/mol. The summed E-state index contributed by atoms with van der Waals surface area (Å²) >= 11 is 0.